The Hall–Kier alpha value is -1.70. The van der Waals surface area contributed by atoms with Crippen molar-refractivity contribution in [3.63, 3.8) is 0 Å². The normalized spacial score (nSPS) is 17.5. The molecule has 0 unspecified atom stereocenters. The molecule has 62 valence electrons. The highest BCUT2D eigenvalue weighted by Crippen LogP contribution is 2.28. The summed E-state index contributed by atoms with van der Waals surface area (Å²) in [5, 5.41) is 0. The van der Waals surface area contributed by atoms with Crippen molar-refractivity contribution < 1.29 is 0 Å². The van der Waals surface area contributed by atoms with Gasteiger partial charge in [0.2, 0.25) is 0 Å². The van der Waals surface area contributed by atoms with Crippen LogP contribution in [0, 0.1) is 0 Å². The summed E-state index contributed by atoms with van der Waals surface area (Å²) < 4.78 is 0. The predicted octanol–water partition coefficient (Wildman–Crippen LogP) is 1.99. The van der Waals surface area contributed by atoms with Crippen LogP contribution in [0.25, 0.3) is 6.08 Å². The standard InChI is InChI=1S/C11H8N2/c1-2-12-5-9-4-11-7-13-6-10(11)3-8(1)9/h1-3,5-7H,4H2. The quantitative estimate of drug-likeness (QED) is 0.581. The third-order valence-electron chi connectivity index (χ3n) is 2.45. The first kappa shape index (κ1) is 6.78. The average Bonchev–Trinajstić information content (AvgIpc) is 2.61. The van der Waals surface area contributed by atoms with Gasteiger partial charge < -0.3 is 0 Å². The van der Waals surface area contributed by atoms with Gasteiger partial charge in [0.05, 0.1) is 0 Å². The van der Waals surface area contributed by atoms with Crippen molar-refractivity contribution in [3.05, 3.63) is 46.9 Å². The van der Waals surface area contributed by atoms with Crippen LogP contribution >= 0.6 is 0 Å². The van der Waals surface area contributed by atoms with E-state index in [2.05, 4.69) is 16.1 Å². The van der Waals surface area contributed by atoms with Crippen LogP contribution in [0.1, 0.15) is 11.1 Å². The fourth-order valence-corrected chi connectivity index (χ4v) is 1.74. The summed E-state index contributed by atoms with van der Waals surface area (Å²) in [6, 6.07) is 2.05. The van der Waals surface area contributed by atoms with Crippen LogP contribution in [0.15, 0.2) is 40.8 Å². The van der Waals surface area contributed by atoms with Gasteiger partial charge in [-0.25, -0.2) is 0 Å². The van der Waals surface area contributed by atoms with E-state index in [1.165, 1.54) is 22.3 Å². The highest BCUT2D eigenvalue weighted by Gasteiger charge is 2.15. The summed E-state index contributed by atoms with van der Waals surface area (Å²) in [6.45, 7) is 0. The van der Waals surface area contributed by atoms with E-state index >= 15 is 0 Å². The first-order chi connectivity index (χ1) is 6.43. The molecule has 3 rings (SSSR count). The third-order valence-corrected chi connectivity index (χ3v) is 2.45. The maximum absolute atomic E-state index is 4.14. The number of aliphatic imine (C=N–C) groups is 1. The summed E-state index contributed by atoms with van der Waals surface area (Å²) in [6.07, 6.45) is 10.7. The zero-order valence-electron chi connectivity index (χ0n) is 7.07. The van der Waals surface area contributed by atoms with Gasteiger partial charge in [-0.3, -0.25) is 9.98 Å². The Labute approximate surface area is 76.3 Å². The second-order valence-electron chi connectivity index (χ2n) is 3.28. The van der Waals surface area contributed by atoms with E-state index in [1.807, 2.05) is 30.9 Å². The van der Waals surface area contributed by atoms with Gasteiger partial charge in [0.1, 0.15) is 0 Å². The van der Waals surface area contributed by atoms with Gasteiger partial charge in [-0.15, -0.1) is 0 Å². The molecule has 0 saturated carbocycles. The fourth-order valence-electron chi connectivity index (χ4n) is 1.74. The molecule has 1 aromatic heterocycles. The molecule has 0 aromatic carbocycles. The Morgan fingerprint density at radius 1 is 1.31 bits per heavy atom. The predicted molar refractivity (Wildman–Crippen MR) is 52.5 cm³/mol. The van der Waals surface area contributed by atoms with E-state index in [9.17, 15) is 0 Å². The van der Waals surface area contributed by atoms with Gasteiger partial charge in [0.15, 0.2) is 0 Å². The van der Waals surface area contributed by atoms with Crippen LogP contribution in [0.5, 0.6) is 0 Å². The molecule has 0 bridgehead atoms. The van der Waals surface area contributed by atoms with Crippen LogP contribution in [-0.4, -0.2) is 11.2 Å². The lowest BCUT2D eigenvalue weighted by molar-refractivity contribution is 1.12. The summed E-state index contributed by atoms with van der Waals surface area (Å²) in [5.41, 5.74) is 5.12. The first-order valence-corrected chi connectivity index (χ1v) is 4.31. The lowest BCUT2D eigenvalue weighted by Crippen LogP contribution is -2.01. The monoisotopic (exact) mass is 168 g/mol. The molecule has 2 heterocycles. The molecule has 0 amide bonds. The van der Waals surface area contributed by atoms with Gasteiger partial charge in [-0.05, 0) is 34.4 Å². The van der Waals surface area contributed by atoms with Crippen molar-refractivity contribution >= 4 is 12.3 Å². The first-order valence-electron chi connectivity index (χ1n) is 4.31. The molecule has 2 nitrogen and oxygen atoms in total. The summed E-state index contributed by atoms with van der Waals surface area (Å²) in [4.78, 5) is 8.25. The summed E-state index contributed by atoms with van der Waals surface area (Å²) >= 11 is 0. The molecule has 1 aromatic rings. The molecule has 0 saturated heterocycles. The number of fused-ring (bicyclic) bond motifs is 2. The zero-order chi connectivity index (χ0) is 8.67. The van der Waals surface area contributed by atoms with Crippen LogP contribution in [0.2, 0.25) is 0 Å². The van der Waals surface area contributed by atoms with Crippen LogP contribution in [0.3, 0.4) is 0 Å². The van der Waals surface area contributed by atoms with E-state index in [0.29, 0.717) is 0 Å². The highest BCUT2D eigenvalue weighted by atomic mass is 14.7. The lowest BCUT2D eigenvalue weighted by atomic mass is 9.91. The highest BCUT2D eigenvalue weighted by molar-refractivity contribution is 5.95. The molecule has 13 heavy (non-hydrogen) atoms. The Kier molecular flexibility index (Phi) is 1.25. The van der Waals surface area contributed by atoms with Crippen molar-refractivity contribution in [2.24, 2.45) is 4.99 Å². The smallest absolute Gasteiger partial charge is 0.0344 e. The van der Waals surface area contributed by atoms with E-state index in [4.69, 9.17) is 0 Å². The van der Waals surface area contributed by atoms with Crippen LogP contribution in [-0.2, 0) is 6.42 Å². The SMILES string of the molecule is C1=NC=C2Cc3cnccc3C=C12. The summed E-state index contributed by atoms with van der Waals surface area (Å²) in [5.74, 6) is 0. The molecule has 1 aliphatic heterocycles. The van der Waals surface area contributed by atoms with E-state index in [-0.39, 0.29) is 0 Å². The maximum Gasteiger partial charge on any atom is 0.0344 e. The summed E-state index contributed by atoms with van der Waals surface area (Å²) in [7, 11) is 0. The second-order valence-corrected chi connectivity index (χ2v) is 3.28. The third kappa shape index (κ3) is 0.952. The number of hydrogen-bond acceptors (Lipinski definition) is 2. The molecule has 0 spiro atoms. The number of allylic oxidation sites excluding steroid dienone is 2. The van der Waals surface area contributed by atoms with Gasteiger partial charge in [0, 0.05) is 31.2 Å². The number of aromatic nitrogens is 1. The fraction of sp³-hybridized carbons (Fsp3) is 0.0909. The molecule has 2 heteroatoms. The minimum atomic E-state index is 0.967. The van der Waals surface area contributed by atoms with Crippen molar-refractivity contribution in [2.45, 2.75) is 6.42 Å². The lowest BCUT2D eigenvalue weighted by Gasteiger charge is -2.13. The van der Waals surface area contributed by atoms with E-state index in [1.54, 1.807) is 0 Å². The molecular formula is C11H8N2. The molecule has 0 radical (unpaired) electrons. The Morgan fingerprint density at radius 3 is 3.31 bits per heavy atom. The molecule has 1 aliphatic carbocycles. The van der Waals surface area contributed by atoms with Crippen molar-refractivity contribution in [1.82, 2.24) is 4.98 Å². The molecule has 0 N–H and O–H groups in total. The number of hydrogen-bond donors (Lipinski definition) is 0. The largest absolute Gasteiger partial charge is 0.264 e. The molecular weight excluding hydrogens is 160 g/mol. The second kappa shape index (κ2) is 2.39. The van der Waals surface area contributed by atoms with Gasteiger partial charge in [-0.1, -0.05) is 0 Å². The number of nitrogens with zero attached hydrogens (tertiary/aromatic N) is 2. The zero-order valence-corrected chi connectivity index (χ0v) is 7.07. The van der Waals surface area contributed by atoms with Crippen LogP contribution < -0.4 is 0 Å². The minimum Gasteiger partial charge on any atom is -0.264 e. The van der Waals surface area contributed by atoms with Crippen LogP contribution in [0.4, 0.5) is 0 Å². The molecule has 0 fully saturated rings. The number of pyridine rings is 1. The van der Waals surface area contributed by atoms with Crippen molar-refractivity contribution in [2.75, 3.05) is 0 Å². The van der Waals surface area contributed by atoms with Crippen molar-refractivity contribution in [1.29, 1.82) is 0 Å². The van der Waals surface area contributed by atoms with Gasteiger partial charge in [0.25, 0.3) is 0 Å². The van der Waals surface area contributed by atoms with E-state index < -0.39 is 0 Å². The molecule has 2 aliphatic rings. The minimum absolute atomic E-state index is 0.967. The number of rotatable bonds is 0. The van der Waals surface area contributed by atoms with E-state index in [0.717, 1.165) is 6.42 Å². The topological polar surface area (TPSA) is 25.2 Å². The van der Waals surface area contributed by atoms with Gasteiger partial charge in [-0.2, -0.15) is 0 Å². The molecule has 0 atom stereocenters. The average molecular weight is 168 g/mol. The maximum atomic E-state index is 4.14. The van der Waals surface area contributed by atoms with Crippen molar-refractivity contribution in [3.8, 4) is 0 Å². The Bertz CT molecular complexity index is 453. The van der Waals surface area contributed by atoms with Gasteiger partial charge >= 0.3 is 0 Å². The Balaban J connectivity index is 2.21. The Morgan fingerprint density at radius 2 is 2.31 bits per heavy atom.